The summed E-state index contributed by atoms with van der Waals surface area (Å²) in [4.78, 5) is 4.40. The van der Waals surface area contributed by atoms with E-state index in [0.717, 1.165) is 40.8 Å². The van der Waals surface area contributed by atoms with Crippen LogP contribution >= 0.6 is 0 Å². The van der Waals surface area contributed by atoms with Gasteiger partial charge in [0.15, 0.2) is 0 Å². The lowest BCUT2D eigenvalue weighted by Crippen LogP contribution is -2.38. The number of hydrogen-bond acceptors (Lipinski definition) is 5. The number of benzene rings is 2. The van der Waals surface area contributed by atoms with Gasteiger partial charge in [-0.1, -0.05) is 53.7 Å². The fourth-order valence-electron chi connectivity index (χ4n) is 5.46. The summed E-state index contributed by atoms with van der Waals surface area (Å²) in [5, 5.41) is 13.8. The molecule has 0 aliphatic carbocycles. The highest BCUT2D eigenvalue weighted by atomic mass is 32.2. The van der Waals surface area contributed by atoms with Crippen LogP contribution in [-0.2, 0) is 15.4 Å². The third kappa shape index (κ3) is 4.75. The van der Waals surface area contributed by atoms with Crippen molar-refractivity contribution in [3.63, 3.8) is 0 Å². The molecule has 6 nitrogen and oxygen atoms in total. The molecule has 0 spiro atoms. The van der Waals surface area contributed by atoms with E-state index < -0.39 is 15.4 Å². The molecular formula is C28H33N3O3S. The highest BCUT2D eigenvalue weighted by Gasteiger charge is 2.41. The first kappa shape index (κ1) is 25.1. The Bertz CT molecular complexity index is 1330. The molecule has 0 bridgehead atoms. The quantitative estimate of drug-likeness (QED) is 0.298. The van der Waals surface area contributed by atoms with Crippen LogP contribution in [0, 0.1) is 13.8 Å². The zero-order valence-corrected chi connectivity index (χ0v) is 21.6. The molecule has 1 saturated heterocycles. The van der Waals surface area contributed by atoms with Crippen LogP contribution in [-0.4, -0.2) is 48.0 Å². The minimum absolute atomic E-state index is 0.311. The van der Waals surface area contributed by atoms with E-state index in [1.165, 1.54) is 11.8 Å². The summed E-state index contributed by atoms with van der Waals surface area (Å²) >= 11 is 0. The number of aromatic nitrogens is 1. The van der Waals surface area contributed by atoms with Crippen molar-refractivity contribution in [2.75, 3.05) is 19.3 Å². The molecule has 2 heterocycles. The maximum absolute atomic E-state index is 11.9. The van der Waals surface area contributed by atoms with E-state index in [2.05, 4.69) is 59.5 Å². The fraction of sp³-hybridized carbons (Fsp3) is 0.357. The molecule has 3 aromatic rings. The number of piperidine rings is 1. The molecule has 1 aliphatic rings. The van der Waals surface area contributed by atoms with Crippen molar-refractivity contribution in [1.29, 1.82) is 0 Å². The van der Waals surface area contributed by atoms with E-state index in [4.69, 9.17) is 0 Å². The first-order valence-corrected chi connectivity index (χ1v) is 13.8. The molecule has 0 amide bonds. The highest BCUT2D eigenvalue weighted by Crippen LogP contribution is 2.43. The Morgan fingerprint density at radius 2 is 1.69 bits per heavy atom. The fourth-order valence-corrected chi connectivity index (χ4v) is 6.34. The molecule has 184 valence electrons. The van der Waals surface area contributed by atoms with Gasteiger partial charge in [-0.3, -0.25) is 4.98 Å². The van der Waals surface area contributed by atoms with Gasteiger partial charge >= 0.3 is 0 Å². The van der Waals surface area contributed by atoms with Crippen molar-refractivity contribution in [2.45, 2.75) is 44.9 Å². The van der Waals surface area contributed by atoms with E-state index in [-0.39, 0.29) is 0 Å². The van der Waals surface area contributed by atoms with Crippen molar-refractivity contribution >= 4 is 15.7 Å². The molecule has 1 atom stereocenters. The van der Waals surface area contributed by atoms with Crippen LogP contribution in [0.5, 0.6) is 0 Å². The first-order valence-electron chi connectivity index (χ1n) is 11.9. The summed E-state index contributed by atoms with van der Waals surface area (Å²) in [6.07, 6.45) is 4.68. The van der Waals surface area contributed by atoms with Gasteiger partial charge in [0, 0.05) is 25.0 Å². The largest absolute Gasteiger partial charge is 0.411 e. The Labute approximate surface area is 208 Å². The zero-order chi connectivity index (χ0) is 25.2. The van der Waals surface area contributed by atoms with Crippen molar-refractivity contribution in [2.24, 2.45) is 5.16 Å². The number of oxime groups is 1. The van der Waals surface area contributed by atoms with Gasteiger partial charge in [-0.2, -0.15) is 0 Å². The van der Waals surface area contributed by atoms with E-state index in [1.54, 1.807) is 10.5 Å². The second-order valence-electron chi connectivity index (χ2n) is 9.49. The van der Waals surface area contributed by atoms with Gasteiger partial charge in [0.25, 0.3) is 0 Å². The normalized spacial score (nSPS) is 17.8. The number of hydrogen-bond donors (Lipinski definition) is 1. The molecule has 0 radical (unpaired) electrons. The monoisotopic (exact) mass is 491 g/mol. The van der Waals surface area contributed by atoms with Crippen LogP contribution in [0.15, 0.2) is 72.0 Å². The molecule has 0 saturated carbocycles. The summed E-state index contributed by atoms with van der Waals surface area (Å²) in [7, 11) is -3.15. The summed E-state index contributed by atoms with van der Waals surface area (Å²) < 4.78 is 25.3. The molecule has 1 fully saturated rings. The number of aryl methyl sites for hydroxylation is 2. The van der Waals surface area contributed by atoms with Crippen molar-refractivity contribution in [3.8, 4) is 0 Å². The van der Waals surface area contributed by atoms with Crippen LogP contribution in [0.25, 0.3) is 0 Å². The average molecular weight is 492 g/mol. The molecular weight excluding hydrogens is 458 g/mol. The Morgan fingerprint density at radius 1 is 1.03 bits per heavy atom. The van der Waals surface area contributed by atoms with Gasteiger partial charge in [-0.15, -0.1) is 0 Å². The summed E-state index contributed by atoms with van der Waals surface area (Å²) in [6, 6.07) is 20.8. The van der Waals surface area contributed by atoms with Crippen molar-refractivity contribution in [1.82, 2.24) is 9.29 Å². The molecule has 35 heavy (non-hydrogen) atoms. The number of rotatable bonds is 6. The minimum atomic E-state index is -3.15. The number of pyridine rings is 1. The molecule has 1 aliphatic heterocycles. The van der Waals surface area contributed by atoms with Gasteiger partial charge in [-0.25, -0.2) is 12.7 Å². The standard InChI is InChI=1S/C28H33N3O3S/c1-20-7-5-6-8-27(20)28(22(3)30-32,26-13-16-29-21(2)19-26)25-11-9-23(10-12-25)24-14-17-31(18-15-24)35(4,33)34/h5-13,16,19,24,32H,14-15,17-18H2,1-4H3/b30-22-/t28-/m0/s1. The van der Waals surface area contributed by atoms with Crippen LogP contribution in [0.1, 0.15) is 59.2 Å². The lowest BCUT2D eigenvalue weighted by molar-refractivity contribution is 0.315. The zero-order valence-electron chi connectivity index (χ0n) is 20.8. The Balaban J connectivity index is 1.81. The Kier molecular flexibility index (Phi) is 7.10. The Hall–Kier alpha value is -3.03. The lowest BCUT2D eigenvalue weighted by Gasteiger charge is -2.37. The molecule has 7 heteroatoms. The van der Waals surface area contributed by atoms with E-state index in [1.807, 2.05) is 32.0 Å². The predicted molar refractivity (Wildman–Crippen MR) is 140 cm³/mol. The lowest BCUT2D eigenvalue weighted by atomic mass is 9.65. The SMILES string of the molecule is C/C(=N/O)[C@](c1ccc(C2CCN(S(C)(=O)=O)CC2)cc1)(c1ccnc(C)c1)c1ccccc1C. The van der Waals surface area contributed by atoms with Gasteiger partial charge in [0.1, 0.15) is 0 Å². The topological polar surface area (TPSA) is 82.9 Å². The average Bonchev–Trinajstić information content (AvgIpc) is 2.85. The van der Waals surface area contributed by atoms with E-state index in [9.17, 15) is 13.6 Å². The second kappa shape index (κ2) is 9.91. The van der Waals surface area contributed by atoms with Crippen molar-refractivity contribution < 1.29 is 13.6 Å². The van der Waals surface area contributed by atoms with Crippen LogP contribution < -0.4 is 0 Å². The summed E-state index contributed by atoms with van der Waals surface area (Å²) in [5.74, 6) is 0.311. The summed E-state index contributed by atoms with van der Waals surface area (Å²) in [6.45, 7) is 6.99. The molecule has 4 rings (SSSR count). The van der Waals surface area contributed by atoms with Crippen LogP contribution in [0.2, 0.25) is 0 Å². The maximum atomic E-state index is 11.9. The van der Waals surface area contributed by atoms with Crippen molar-refractivity contribution in [3.05, 3.63) is 100 Å². The smallest absolute Gasteiger partial charge is 0.211 e. The van der Waals surface area contributed by atoms with Crippen LogP contribution in [0.3, 0.4) is 0 Å². The third-order valence-corrected chi connectivity index (χ3v) is 8.61. The minimum Gasteiger partial charge on any atom is -0.411 e. The number of nitrogens with zero attached hydrogens (tertiary/aromatic N) is 3. The molecule has 1 aromatic heterocycles. The van der Waals surface area contributed by atoms with Gasteiger partial charge in [0.2, 0.25) is 10.0 Å². The third-order valence-electron chi connectivity index (χ3n) is 7.31. The van der Waals surface area contributed by atoms with Gasteiger partial charge < -0.3 is 5.21 Å². The predicted octanol–water partition coefficient (Wildman–Crippen LogP) is 5.02. The van der Waals surface area contributed by atoms with E-state index in [0.29, 0.717) is 24.7 Å². The van der Waals surface area contributed by atoms with Crippen LogP contribution in [0.4, 0.5) is 0 Å². The van der Waals surface area contributed by atoms with E-state index >= 15 is 0 Å². The maximum Gasteiger partial charge on any atom is 0.211 e. The Morgan fingerprint density at radius 3 is 2.26 bits per heavy atom. The first-order chi connectivity index (χ1) is 16.7. The molecule has 0 unspecified atom stereocenters. The molecule has 1 N–H and O–H groups in total. The summed E-state index contributed by atoms with van der Waals surface area (Å²) in [5.41, 5.74) is 6.02. The number of sulfonamides is 1. The van der Waals surface area contributed by atoms with Gasteiger partial charge in [-0.05, 0) is 79.5 Å². The van der Waals surface area contributed by atoms with Gasteiger partial charge in [0.05, 0.1) is 17.4 Å². The molecule has 2 aromatic carbocycles. The highest BCUT2D eigenvalue weighted by molar-refractivity contribution is 7.88. The second-order valence-corrected chi connectivity index (χ2v) is 11.5.